The number of fused-ring (bicyclic) bond motifs is 1. The van der Waals surface area contributed by atoms with Gasteiger partial charge in [0, 0.05) is 18.9 Å². The van der Waals surface area contributed by atoms with Crippen LogP contribution in [0.4, 0.5) is 0 Å². The van der Waals surface area contributed by atoms with Crippen molar-refractivity contribution in [2.45, 2.75) is 38.3 Å². The molecular weight excluding hydrogens is 266 g/mol. The Hall–Kier alpha value is -2.10. The van der Waals surface area contributed by atoms with E-state index in [1.165, 1.54) is 0 Å². The zero-order valence-electron chi connectivity index (χ0n) is 11.9. The van der Waals surface area contributed by atoms with Gasteiger partial charge in [-0.2, -0.15) is 0 Å². The summed E-state index contributed by atoms with van der Waals surface area (Å²) in [6.45, 7) is 0.409. The molecule has 1 aromatic rings. The molecule has 1 aliphatic carbocycles. The highest BCUT2D eigenvalue weighted by atomic mass is 16.4. The van der Waals surface area contributed by atoms with E-state index in [2.05, 4.69) is 6.08 Å². The van der Waals surface area contributed by atoms with Crippen LogP contribution < -0.4 is 0 Å². The van der Waals surface area contributed by atoms with E-state index < -0.39 is 12.0 Å². The molecule has 2 aliphatic rings. The molecule has 1 aliphatic heterocycles. The van der Waals surface area contributed by atoms with Crippen molar-refractivity contribution in [3.05, 3.63) is 47.5 Å². The fourth-order valence-electron chi connectivity index (χ4n) is 3.23. The highest BCUT2D eigenvalue weighted by Gasteiger charge is 2.37. The van der Waals surface area contributed by atoms with E-state index in [0.29, 0.717) is 13.0 Å². The van der Waals surface area contributed by atoms with Crippen molar-refractivity contribution >= 4 is 11.9 Å². The van der Waals surface area contributed by atoms with Crippen LogP contribution in [0.5, 0.6) is 0 Å². The maximum atomic E-state index is 12.7. The van der Waals surface area contributed by atoms with Gasteiger partial charge in [-0.1, -0.05) is 36.4 Å². The normalized spacial score (nSPS) is 24.5. The first-order valence-corrected chi connectivity index (χ1v) is 7.42. The second-order valence-corrected chi connectivity index (χ2v) is 5.77. The van der Waals surface area contributed by atoms with Crippen molar-refractivity contribution in [2.75, 3.05) is 0 Å². The lowest BCUT2D eigenvalue weighted by atomic mass is 9.89. The molecule has 0 unspecified atom stereocenters. The highest BCUT2D eigenvalue weighted by molar-refractivity contribution is 5.86. The predicted molar refractivity (Wildman–Crippen MR) is 78.6 cm³/mol. The lowest BCUT2D eigenvalue weighted by molar-refractivity contribution is -0.153. The average Bonchev–Trinajstić information content (AvgIpc) is 2.53. The number of carbonyl (C=O) groups excluding carboxylic acids is 1. The summed E-state index contributed by atoms with van der Waals surface area (Å²) in [6, 6.07) is 7.05. The summed E-state index contributed by atoms with van der Waals surface area (Å²) in [6.07, 6.45) is 6.96. The smallest absolute Gasteiger partial charge is 0.326 e. The molecule has 21 heavy (non-hydrogen) atoms. The first-order valence-electron chi connectivity index (χ1n) is 7.42. The molecule has 4 nitrogen and oxygen atoms in total. The summed E-state index contributed by atoms with van der Waals surface area (Å²) < 4.78 is 0. The minimum absolute atomic E-state index is 0.0127. The van der Waals surface area contributed by atoms with Crippen LogP contribution in [-0.4, -0.2) is 27.9 Å². The van der Waals surface area contributed by atoms with Gasteiger partial charge in [-0.3, -0.25) is 4.79 Å². The van der Waals surface area contributed by atoms with Gasteiger partial charge in [0.25, 0.3) is 0 Å². The maximum absolute atomic E-state index is 12.7. The van der Waals surface area contributed by atoms with Crippen LogP contribution in [0, 0.1) is 5.92 Å². The van der Waals surface area contributed by atoms with E-state index in [9.17, 15) is 14.7 Å². The van der Waals surface area contributed by atoms with Crippen LogP contribution >= 0.6 is 0 Å². The Balaban J connectivity index is 1.87. The molecule has 0 bridgehead atoms. The monoisotopic (exact) mass is 285 g/mol. The Labute approximate surface area is 124 Å². The highest BCUT2D eigenvalue weighted by Crippen LogP contribution is 2.28. The number of benzene rings is 1. The zero-order chi connectivity index (χ0) is 14.8. The van der Waals surface area contributed by atoms with Gasteiger partial charge in [-0.05, 0) is 30.4 Å². The lowest BCUT2D eigenvalue weighted by Crippen LogP contribution is -2.50. The number of hydrogen-bond acceptors (Lipinski definition) is 2. The van der Waals surface area contributed by atoms with Crippen LogP contribution in [0.3, 0.4) is 0 Å². The second-order valence-electron chi connectivity index (χ2n) is 5.77. The predicted octanol–water partition coefficient (Wildman–Crippen LogP) is 2.38. The molecule has 2 atom stereocenters. The number of nitrogens with zero attached hydrogens (tertiary/aromatic N) is 1. The third-order valence-electron chi connectivity index (χ3n) is 4.44. The summed E-state index contributed by atoms with van der Waals surface area (Å²) >= 11 is 0. The third kappa shape index (κ3) is 2.71. The van der Waals surface area contributed by atoms with Gasteiger partial charge in [-0.15, -0.1) is 0 Å². The Morgan fingerprint density at radius 1 is 1.14 bits per heavy atom. The number of hydrogen-bond donors (Lipinski definition) is 1. The SMILES string of the molecule is O=C(O)[C@H]1Cc2ccccc2CN1C(=O)[C@@H]1CC=CCC1. The van der Waals surface area contributed by atoms with Crippen LogP contribution in [0.2, 0.25) is 0 Å². The molecule has 0 saturated heterocycles. The fraction of sp³-hybridized carbons (Fsp3) is 0.412. The number of amides is 1. The minimum Gasteiger partial charge on any atom is -0.480 e. The van der Waals surface area contributed by atoms with E-state index in [1.807, 2.05) is 30.3 Å². The van der Waals surface area contributed by atoms with Crippen LogP contribution in [-0.2, 0) is 22.6 Å². The summed E-state index contributed by atoms with van der Waals surface area (Å²) in [4.78, 5) is 25.8. The Bertz CT molecular complexity index is 593. The van der Waals surface area contributed by atoms with Crippen LogP contribution in [0.15, 0.2) is 36.4 Å². The number of carboxylic acid groups (broad SMARTS) is 1. The van der Waals surface area contributed by atoms with Gasteiger partial charge < -0.3 is 10.0 Å². The second kappa shape index (κ2) is 5.72. The lowest BCUT2D eigenvalue weighted by Gasteiger charge is -2.36. The zero-order valence-corrected chi connectivity index (χ0v) is 11.9. The first-order chi connectivity index (χ1) is 10.2. The Morgan fingerprint density at radius 2 is 1.90 bits per heavy atom. The summed E-state index contributed by atoms with van der Waals surface area (Å²) in [7, 11) is 0. The molecule has 3 rings (SSSR count). The average molecular weight is 285 g/mol. The van der Waals surface area contributed by atoms with Gasteiger partial charge in [0.2, 0.25) is 5.91 Å². The Morgan fingerprint density at radius 3 is 2.57 bits per heavy atom. The molecule has 110 valence electrons. The summed E-state index contributed by atoms with van der Waals surface area (Å²) in [5.41, 5.74) is 2.10. The minimum atomic E-state index is -0.913. The number of aliphatic carboxylic acids is 1. The standard InChI is InChI=1S/C17H19NO3/c19-16(12-6-2-1-3-7-12)18-11-14-9-5-4-8-13(14)10-15(18)17(20)21/h1-2,4-5,8-9,12,15H,3,6-7,10-11H2,(H,20,21)/t12-,15-/m1/s1. The van der Waals surface area contributed by atoms with Crippen molar-refractivity contribution in [1.29, 1.82) is 0 Å². The maximum Gasteiger partial charge on any atom is 0.326 e. The molecule has 4 heteroatoms. The van der Waals surface area contributed by atoms with Crippen molar-refractivity contribution in [3.63, 3.8) is 0 Å². The van der Waals surface area contributed by atoms with Crippen molar-refractivity contribution < 1.29 is 14.7 Å². The molecule has 1 amide bonds. The largest absolute Gasteiger partial charge is 0.480 e. The van der Waals surface area contributed by atoms with E-state index in [4.69, 9.17) is 0 Å². The topological polar surface area (TPSA) is 57.6 Å². The molecule has 0 fully saturated rings. The number of carbonyl (C=O) groups is 2. The van der Waals surface area contributed by atoms with Gasteiger partial charge in [0.1, 0.15) is 6.04 Å². The quantitative estimate of drug-likeness (QED) is 0.849. The van der Waals surface area contributed by atoms with Gasteiger partial charge in [0.05, 0.1) is 0 Å². The number of allylic oxidation sites excluding steroid dienone is 2. The van der Waals surface area contributed by atoms with E-state index in [-0.39, 0.29) is 11.8 Å². The Kier molecular flexibility index (Phi) is 3.78. The molecule has 0 aromatic heterocycles. The van der Waals surface area contributed by atoms with Crippen LogP contribution in [0.25, 0.3) is 0 Å². The third-order valence-corrected chi connectivity index (χ3v) is 4.44. The van der Waals surface area contributed by atoms with E-state index in [0.717, 1.165) is 30.4 Å². The first kappa shape index (κ1) is 13.9. The molecule has 0 spiro atoms. The summed E-state index contributed by atoms with van der Waals surface area (Å²) in [5.74, 6) is -0.993. The van der Waals surface area contributed by atoms with E-state index in [1.54, 1.807) is 4.90 Å². The molecule has 1 N–H and O–H groups in total. The molecule has 0 radical (unpaired) electrons. The molecular formula is C17H19NO3. The van der Waals surface area contributed by atoms with Gasteiger partial charge in [-0.25, -0.2) is 4.79 Å². The molecule has 1 heterocycles. The summed E-state index contributed by atoms with van der Waals surface area (Å²) in [5, 5.41) is 9.47. The number of carboxylic acids is 1. The van der Waals surface area contributed by atoms with E-state index >= 15 is 0 Å². The van der Waals surface area contributed by atoms with Crippen molar-refractivity contribution in [2.24, 2.45) is 5.92 Å². The van der Waals surface area contributed by atoms with Gasteiger partial charge >= 0.3 is 5.97 Å². The number of rotatable bonds is 2. The van der Waals surface area contributed by atoms with Gasteiger partial charge in [0.15, 0.2) is 0 Å². The van der Waals surface area contributed by atoms with Crippen LogP contribution in [0.1, 0.15) is 30.4 Å². The molecule has 0 saturated carbocycles. The molecule has 1 aromatic carbocycles. The van der Waals surface area contributed by atoms with Crippen molar-refractivity contribution in [1.82, 2.24) is 4.90 Å². The van der Waals surface area contributed by atoms with Crippen molar-refractivity contribution in [3.8, 4) is 0 Å². The fourth-order valence-corrected chi connectivity index (χ4v) is 3.23.